The van der Waals surface area contributed by atoms with E-state index in [4.69, 9.17) is 4.74 Å². The molecule has 1 aromatic carbocycles. The minimum Gasteiger partial charge on any atom is -0.494 e. The fourth-order valence-electron chi connectivity index (χ4n) is 2.06. The molecule has 0 aliphatic carbocycles. The van der Waals surface area contributed by atoms with Crippen LogP contribution in [0.5, 0.6) is 5.75 Å². The number of H-pyrrole nitrogens is 1. The minimum absolute atomic E-state index is 0.145. The molecule has 20 heavy (non-hydrogen) atoms. The van der Waals surface area contributed by atoms with Gasteiger partial charge in [-0.25, -0.2) is 4.68 Å². The topological polar surface area (TPSA) is 59.9 Å². The summed E-state index contributed by atoms with van der Waals surface area (Å²) in [5, 5.41) is 3.07. The maximum Gasteiger partial charge on any atom is 0.271 e. The molecular weight excluding hydrogens is 254 g/mol. The van der Waals surface area contributed by atoms with E-state index < -0.39 is 0 Å². The maximum atomic E-state index is 12.1. The Balaban J connectivity index is 2.13. The van der Waals surface area contributed by atoms with E-state index in [-0.39, 0.29) is 5.56 Å². The van der Waals surface area contributed by atoms with Crippen LogP contribution >= 0.6 is 0 Å². The zero-order chi connectivity index (χ0) is 13.9. The SMILES string of the molecule is COc1ccccc1-n1[nH]c(-c2cccnc2)cc1=O. The molecule has 0 aliphatic rings. The third-order valence-corrected chi connectivity index (χ3v) is 3.02. The summed E-state index contributed by atoms with van der Waals surface area (Å²) >= 11 is 0. The number of rotatable bonds is 3. The van der Waals surface area contributed by atoms with Crippen LogP contribution in [0.1, 0.15) is 0 Å². The summed E-state index contributed by atoms with van der Waals surface area (Å²) in [6.07, 6.45) is 3.40. The third kappa shape index (κ3) is 2.09. The summed E-state index contributed by atoms with van der Waals surface area (Å²) in [4.78, 5) is 16.2. The summed E-state index contributed by atoms with van der Waals surface area (Å²) < 4.78 is 6.74. The Morgan fingerprint density at radius 2 is 2.05 bits per heavy atom. The van der Waals surface area contributed by atoms with Gasteiger partial charge in [0.2, 0.25) is 0 Å². The lowest BCUT2D eigenvalue weighted by Gasteiger charge is -2.07. The number of pyridine rings is 1. The number of hydrogen-bond donors (Lipinski definition) is 1. The van der Waals surface area contributed by atoms with Crippen LogP contribution in [-0.2, 0) is 0 Å². The molecule has 0 radical (unpaired) electrons. The van der Waals surface area contributed by atoms with Crippen molar-refractivity contribution in [3.63, 3.8) is 0 Å². The molecular formula is C15H13N3O2. The molecule has 5 heteroatoms. The molecule has 1 N–H and O–H groups in total. The lowest BCUT2D eigenvalue weighted by atomic mass is 10.2. The molecule has 2 aromatic heterocycles. The van der Waals surface area contributed by atoms with Gasteiger partial charge in [-0.2, -0.15) is 0 Å². The molecule has 100 valence electrons. The molecule has 0 atom stereocenters. The molecule has 0 unspecified atom stereocenters. The van der Waals surface area contributed by atoms with Crippen molar-refractivity contribution in [2.24, 2.45) is 0 Å². The van der Waals surface area contributed by atoms with Gasteiger partial charge in [0.1, 0.15) is 11.4 Å². The van der Waals surface area contributed by atoms with Crippen LogP contribution in [0.15, 0.2) is 59.7 Å². The highest BCUT2D eigenvalue weighted by Gasteiger charge is 2.10. The van der Waals surface area contributed by atoms with Crippen molar-refractivity contribution in [1.82, 2.24) is 14.8 Å². The van der Waals surface area contributed by atoms with Crippen molar-refractivity contribution in [2.45, 2.75) is 0 Å². The van der Waals surface area contributed by atoms with E-state index in [2.05, 4.69) is 10.1 Å². The van der Waals surface area contributed by atoms with E-state index >= 15 is 0 Å². The monoisotopic (exact) mass is 267 g/mol. The standard InChI is InChI=1S/C15H13N3O2/c1-20-14-7-3-2-6-13(14)18-15(19)9-12(17-18)11-5-4-8-16-10-11/h2-10,17H,1H3. The molecule has 0 aliphatic heterocycles. The number of hydrogen-bond acceptors (Lipinski definition) is 3. The predicted octanol–water partition coefficient (Wildman–Crippen LogP) is 2.24. The maximum absolute atomic E-state index is 12.1. The second-order valence-corrected chi connectivity index (χ2v) is 4.26. The number of benzene rings is 1. The van der Waals surface area contributed by atoms with Crippen LogP contribution in [0, 0.1) is 0 Å². The second-order valence-electron chi connectivity index (χ2n) is 4.26. The number of aromatic nitrogens is 3. The molecule has 0 fully saturated rings. The number of para-hydroxylation sites is 2. The second kappa shape index (κ2) is 5.05. The minimum atomic E-state index is -0.145. The normalized spacial score (nSPS) is 10.4. The Kier molecular flexibility index (Phi) is 3.09. The highest BCUT2D eigenvalue weighted by atomic mass is 16.5. The van der Waals surface area contributed by atoms with E-state index in [9.17, 15) is 4.79 Å². The Labute approximate surface area is 115 Å². The van der Waals surface area contributed by atoms with Gasteiger partial charge in [0, 0.05) is 24.0 Å². The lowest BCUT2D eigenvalue weighted by Crippen LogP contribution is -2.14. The van der Waals surface area contributed by atoms with E-state index in [1.54, 1.807) is 25.6 Å². The van der Waals surface area contributed by atoms with Gasteiger partial charge in [-0.05, 0) is 24.3 Å². The number of nitrogens with one attached hydrogen (secondary N) is 1. The summed E-state index contributed by atoms with van der Waals surface area (Å²) in [6.45, 7) is 0. The Morgan fingerprint density at radius 3 is 2.80 bits per heavy atom. The fourth-order valence-corrected chi connectivity index (χ4v) is 2.06. The van der Waals surface area contributed by atoms with Gasteiger partial charge in [0.05, 0.1) is 12.8 Å². The summed E-state index contributed by atoms with van der Waals surface area (Å²) in [6, 6.07) is 12.6. The van der Waals surface area contributed by atoms with Gasteiger partial charge < -0.3 is 4.74 Å². The number of ether oxygens (including phenoxy) is 1. The van der Waals surface area contributed by atoms with Crippen molar-refractivity contribution >= 4 is 0 Å². The van der Waals surface area contributed by atoms with Crippen molar-refractivity contribution < 1.29 is 4.74 Å². The number of nitrogens with zero attached hydrogens (tertiary/aromatic N) is 2. The first kappa shape index (κ1) is 12.2. The van der Waals surface area contributed by atoms with Gasteiger partial charge in [0.15, 0.2) is 0 Å². The quantitative estimate of drug-likeness (QED) is 0.791. The van der Waals surface area contributed by atoms with Gasteiger partial charge in [0.25, 0.3) is 5.56 Å². The Hall–Kier alpha value is -2.82. The van der Waals surface area contributed by atoms with Crippen LogP contribution in [-0.4, -0.2) is 21.9 Å². The van der Waals surface area contributed by atoms with Gasteiger partial charge in [-0.1, -0.05) is 12.1 Å². The Bertz CT molecular complexity index is 775. The zero-order valence-corrected chi connectivity index (χ0v) is 10.9. The molecule has 3 rings (SSSR count). The van der Waals surface area contributed by atoms with Crippen molar-refractivity contribution in [3.8, 4) is 22.7 Å². The van der Waals surface area contributed by atoms with Crippen LogP contribution in [0.2, 0.25) is 0 Å². The van der Waals surface area contributed by atoms with Gasteiger partial charge in [-0.15, -0.1) is 0 Å². The third-order valence-electron chi connectivity index (χ3n) is 3.02. The van der Waals surface area contributed by atoms with Crippen molar-refractivity contribution in [1.29, 1.82) is 0 Å². The molecule has 0 spiro atoms. The van der Waals surface area contributed by atoms with Crippen LogP contribution in [0.25, 0.3) is 16.9 Å². The Morgan fingerprint density at radius 1 is 1.20 bits per heavy atom. The highest BCUT2D eigenvalue weighted by molar-refractivity contribution is 5.58. The molecule has 5 nitrogen and oxygen atoms in total. The molecule has 0 amide bonds. The smallest absolute Gasteiger partial charge is 0.271 e. The average molecular weight is 267 g/mol. The average Bonchev–Trinajstić information content (AvgIpc) is 2.90. The zero-order valence-electron chi connectivity index (χ0n) is 10.9. The van der Waals surface area contributed by atoms with Crippen LogP contribution in [0.4, 0.5) is 0 Å². The lowest BCUT2D eigenvalue weighted by molar-refractivity contribution is 0.411. The van der Waals surface area contributed by atoms with Crippen molar-refractivity contribution in [2.75, 3.05) is 7.11 Å². The van der Waals surface area contributed by atoms with E-state index in [0.29, 0.717) is 17.1 Å². The van der Waals surface area contributed by atoms with Crippen LogP contribution in [0.3, 0.4) is 0 Å². The molecule has 0 saturated heterocycles. The van der Waals surface area contributed by atoms with Gasteiger partial charge >= 0.3 is 0 Å². The fraction of sp³-hybridized carbons (Fsp3) is 0.0667. The number of methoxy groups -OCH3 is 1. The molecule has 3 aromatic rings. The van der Waals surface area contributed by atoms with E-state index in [1.807, 2.05) is 36.4 Å². The largest absolute Gasteiger partial charge is 0.494 e. The summed E-state index contributed by atoms with van der Waals surface area (Å²) in [7, 11) is 1.58. The summed E-state index contributed by atoms with van der Waals surface area (Å²) in [5.41, 5.74) is 2.11. The predicted molar refractivity (Wildman–Crippen MR) is 76.2 cm³/mol. The van der Waals surface area contributed by atoms with Crippen LogP contribution < -0.4 is 10.3 Å². The van der Waals surface area contributed by atoms with Gasteiger partial charge in [-0.3, -0.25) is 14.9 Å². The van der Waals surface area contributed by atoms with Crippen molar-refractivity contribution in [3.05, 3.63) is 65.2 Å². The van der Waals surface area contributed by atoms with E-state index in [1.165, 1.54) is 4.68 Å². The first-order chi connectivity index (χ1) is 9.79. The molecule has 2 heterocycles. The first-order valence-corrected chi connectivity index (χ1v) is 6.15. The summed E-state index contributed by atoms with van der Waals surface area (Å²) in [5.74, 6) is 0.634. The number of aromatic amines is 1. The first-order valence-electron chi connectivity index (χ1n) is 6.15. The highest BCUT2D eigenvalue weighted by Crippen LogP contribution is 2.21. The molecule has 0 bridgehead atoms. The molecule has 0 saturated carbocycles. The van der Waals surface area contributed by atoms with E-state index in [0.717, 1.165) is 5.56 Å².